The number of methoxy groups -OCH3 is 1. The standard InChI is InChI=1S/C53H69N7O7/c1-12-44(61)58-29-40(53(8,9)30-58)49(63)57(10)46(32(3)4)48(62)55-42-26-34-17-14-18-35(25-34)36-21-22-43-38(27-36)39(47(59(43)13-2)37-19-15-23-54-45(37)33(5)66-11)28-52(6,7)31-67-51(65)41-20-16-24-60(56-41)50(42)64/h12,14-15,17-19,21-23,25,27,32-33,40-42,46,56H,1,13,16,20,24,26,28-31H2,2-11H3,(H,55,62)/t33-,40?,41-,42-,46-/m0/s1. The van der Waals surface area contributed by atoms with Gasteiger partial charge in [0.1, 0.15) is 18.1 Å². The van der Waals surface area contributed by atoms with Crippen LogP contribution >= 0.6 is 0 Å². The van der Waals surface area contributed by atoms with Crippen molar-refractivity contribution in [1.29, 1.82) is 0 Å². The largest absolute Gasteiger partial charge is 0.464 e. The lowest BCUT2D eigenvalue weighted by Crippen LogP contribution is -2.62. The zero-order valence-electron chi connectivity index (χ0n) is 41.0. The number of hydrogen-bond acceptors (Lipinski definition) is 9. The number of likely N-dealkylation sites (tertiary alicyclic amines) is 1. The van der Waals surface area contributed by atoms with Crippen molar-refractivity contribution >= 4 is 40.5 Å². The molecular formula is C53H69N7O7. The van der Waals surface area contributed by atoms with Crippen LogP contribution in [0.5, 0.6) is 0 Å². The van der Waals surface area contributed by atoms with Gasteiger partial charge in [0.25, 0.3) is 5.91 Å². The average Bonchev–Trinajstić information content (AvgIpc) is 3.80. The molecule has 0 aliphatic carbocycles. The molecule has 0 saturated carbocycles. The van der Waals surface area contributed by atoms with Gasteiger partial charge in [-0.15, -0.1) is 0 Å². The molecule has 7 rings (SSSR count). The molecule has 358 valence electrons. The van der Waals surface area contributed by atoms with Crippen LogP contribution in [0.2, 0.25) is 0 Å². The van der Waals surface area contributed by atoms with Crippen molar-refractivity contribution in [2.24, 2.45) is 22.7 Å². The van der Waals surface area contributed by atoms with Crippen molar-refractivity contribution in [3.05, 3.63) is 90.3 Å². The van der Waals surface area contributed by atoms with Crippen molar-refractivity contribution in [3.8, 4) is 22.4 Å². The molecule has 0 spiro atoms. The fourth-order valence-corrected chi connectivity index (χ4v) is 10.4. The van der Waals surface area contributed by atoms with Crippen LogP contribution < -0.4 is 10.7 Å². The van der Waals surface area contributed by atoms with E-state index in [9.17, 15) is 24.0 Å². The SMILES string of the molecule is C=CC(=O)N1CC(C(=O)N(C)[C@H](C(=O)N[C@H]2Cc3cccc(c3)-c3ccc4c(c3)c(c(-c3cccnc3[C@H](C)OC)n4CC)CC(C)(C)COC(=O)[C@@H]3CCCN(N3)C2=O)C(C)C)C(C)(C)C1. The highest BCUT2D eigenvalue weighted by Gasteiger charge is 2.48. The van der Waals surface area contributed by atoms with E-state index in [1.807, 2.05) is 52.8 Å². The van der Waals surface area contributed by atoms with Gasteiger partial charge in [0.2, 0.25) is 17.7 Å². The minimum absolute atomic E-state index is 0.133. The monoisotopic (exact) mass is 916 g/mol. The molecule has 6 bridgehead atoms. The van der Waals surface area contributed by atoms with Gasteiger partial charge in [-0.3, -0.25) is 34.0 Å². The van der Waals surface area contributed by atoms with Crippen LogP contribution in [-0.4, -0.2) is 112 Å². The fraction of sp³-hybridized carbons (Fsp3) is 0.509. The van der Waals surface area contributed by atoms with Crippen LogP contribution in [0.1, 0.15) is 91.2 Å². The molecule has 3 aliphatic heterocycles. The number of likely N-dealkylation sites (N-methyl/N-ethyl adjacent to an activating group) is 1. The summed E-state index contributed by atoms with van der Waals surface area (Å²) in [5, 5.41) is 5.59. The molecule has 5 heterocycles. The van der Waals surface area contributed by atoms with Gasteiger partial charge in [-0.25, -0.2) is 5.43 Å². The van der Waals surface area contributed by atoms with Crippen LogP contribution in [0.4, 0.5) is 0 Å². The molecule has 14 heteroatoms. The Morgan fingerprint density at radius 3 is 2.51 bits per heavy atom. The number of esters is 1. The number of amides is 4. The molecule has 2 aromatic heterocycles. The number of rotatable bonds is 10. The molecule has 2 aromatic carbocycles. The Morgan fingerprint density at radius 2 is 1.81 bits per heavy atom. The number of carbonyl (C=O) groups excluding carboxylic acids is 5. The van der Waals surface area contributed by atoms with Gasteiger partial charge in [-0.05, 0) is 97.0 Å². The molecule has 67 heavy (non-hydrogen) atoms. The number of hydrazine groups is 1. The van der Waals surface area contributed by atoms with Crippen LogP contribution in [0.3, 0.4) is 0 Å². The summed E-state index contributed by atoms with van der Waals surface area (Å²) in [5.41, 5.74) is 9.91. The zero-order valence-corrected chi connectivity index (χ0v) is 41.0. The smallest absolute Gasteiger partial charge is 0.324 e. The molecule has 4 amide bonds. The third kappa shape index (κ3) is 10.1. The van der Waals surface area contributed by atoms with E-state index in [0.29, 0.717) is 38.9 Å². The van der Waals surface area contributed by atoms with Crippen molar-refractivity contribution in [3.63, 3.8) is 0 Å². The highest BCUT2D eigenvalue weighted by atomic mass is 16.5. The third-order valence-corrected chi connectivity index (χ3v) is 14.0. The number of nitrogens with one attached hydrogen (secondary N) is 2. The number of cyclic esters (lactones) is 1. The molecule has 2 saturated heterocycles. The Balaban J connectivity index is 1.29. The first-order valence-corrected chi connectivity index (χ1v) is 23.7. The van der Waals surface area contributed by atoms with Crippen molar-refractivity contribution in [2.45, 2.75) is 112 Å². The fourth-order valence-electron chi connectivity index (χ4n) is 10.4. The first-order valence-electron chi connectivity index (χ1n) is 23.7. The summed E-state index contributed by atoms with van der Waals surface area (Å²) in [6, 6.07) is 15.8. The molecule has 2 N–H and O–H groups in total. The predicted octanol–water partition coefficient (Wildman–Crippen LogP) is 6.90. The van der Waals surface area contributed by atoms with E-state index in [-0.39, 0.29) is 43.4 Å². The van der Waals surface area contributed by atoms with Crippen molar-refractivity contribution < 1.29 is 33.4 Å². The maximum absolute atomic E-state index is 14.8. The minimum Gasteiger partial charge on any atom is -0.464 e. The van der Waals surface area contributed by atoms with E-state index >= 15 is 0 Å². The molecule has 0 radical (unpaired) electrons. The Hall–Kier alpha value is -5.86. The van der Waals surface area contributed by atoms with Crippen molar-refractivity contribution in [2.75, 3.05) is 40.4 Å². The Labute approximate surface area is 395 Å². The van der Waals surface area contributed by atoms with Crippen LogP contribution in [0.25, 0.3) is 33.3 Å². The second-order valence-electron chi connectivity index (χ2n) is 20.4. The molecule has 3 aliphatic rings. The van der Waals surface area contributed by atoms with Gasteiger partial charge in [0, 0.05) is 74.8 Å². The number of fused-ring (bicyclic) bond motifs is 6. The number of nitrogens with zero attached hydrogens (tertiary/aromatic N) is 5. The summed E-state index contributed by atoms with van der Waals surface area (Å²) in [6.45, 7) is 21.4. The number of carbonyl (C=O) groups is 5. The number of hydrogen-bond donors (Lipinski definition) is 2. The summed E-state index contributed by atoms with van der Waals surface area (Å²) < 4.78 is 14.3. The Bertz CT molecular complexity index is 2540. The van der Waals surface area contributed by atoms with E-state index < -0.39 is 52.7 Å². The summed E-state index contributed by atoms with van der Waals surface area (Å²) >= 11 is 0. The highest BCUT2D eigenvalue weighted by Crippen LogP contribution is 2.42. The number of aryl methyl sites for hydroxylation is 1. The van der Waals surface area contributed by atoms with Crippen LogP contribution in [0, 0.1) is 22.7 Å². The lowest BCUT2D eigenvalue weighted by atomic mass is 9.80. The Morgan fingerprint density at radius 1 is 1.06 bits per heavy atom. The maximum Gasteiger partial charge on any atom is 0.324 e. The van der Waals surface area contributed by atoms with E-state index in [4.69, 9.17) is 14.5 Å². The van der Waals surface area contributed by atoms with Gasteiger partial charge in [-0.1, -0.05) is 78.5 Å². The lowest BCUT2D eigenvalue weighted by Gasteiger charge is -2.37. The third-order valence-electron chi connectivity index (χ3n) is 14.0. The molecular weight excluding hydrogens is 847 g/mol. The average molecular weight is 916 g/mol. The number of benzene rings is 2. The first kappa shape index (κ1) is 49.1. The topological polar surface area (TPSA) is 155 Å². The van der Waals surface area contributed by atoms with E-state index in [2.05, 4.69) is 79.1 Å². The summed E-state index contributed by atoms with van der Waals surface area (Å²) in [6.07, 6.45) is 4.53. The molecule has 4 aromatic rings. The van der Waals surface area contributed by atoms with E-state index in [1.165, 1.54) is 16.0 Å². The second-order valence-corrected chi connectivity index (χ2v) is 20.4. The van der Waals surface area contributed by atoms with Gasteiger partial charge in [0.05, 0.1) is 30.0 Å². The summed E-state index contributed by atoms with van der Waals surface area (Å²) in [5.74, 6) is -2.70. The number of ether oxygens (including phenoxy) is 2. The number of pyridine rings is 1. The van der Waals surface area contributed by atoms with Gasteiger partial charge in [0.15, 0.2) is 0 Å². The van der Waals surface area contributed by atoms with Crippen molar-refractivity contribution in [1.82, 2.24) is 35.1 Å². The molecule has 1 unspecified atom stereocenters. The van der Waals surface area contributed by atoms with E-state index in [1.54, 1.807) is 25.3 Å². The second kappa shape index (κ2) is 19.8. The van der Waals surface area contributed by atoms with Gasteiger partial charge < -0.3 is 29.2 Å². The highest BCUT2D eigenvalue weighted by molar-refractivity contribution is 5.96. The van der Waals surface area contributed by atoms with Gasteiger partial charge in [-0.2, -0.15) is 0 Å². The predicted molar refractivity (Wildman–Crippen MR) is 259 cm³/mol. The molecule has 5 atom stereocenters. The molecule has 14 nitrogen and oxygen atoms in total. The quantitative estimate of drug-likeness (QED) is 0.128. The van der Waals surface area contributed by atoms with Crippen LogP contribution in [-0.2, 0) is 52.8 Å². The summed E-state index contributed by atoms with van der Waals surface area (Å²) in [4.78, 5) is 78.2. The maximum atomic E-state index is 14.8. The summed E-state index contributed by atoms with van der Waals surface area (Å²) in [7, 11) is 3.31. The van der Waals surface area contributed by atoms with Gasteiger partial charge >= 0.3 is 5.97 Å². The number of aromatic nitrogens is 2. The zero-order chi connectivity index (χ0) is 48.5. The first-order chi connectivity index (χ1) is 31.8. The van der Waals surface area contributed by atoms with Crippen LogP contribution in [0.15, 0.2) is 73.4 Å². The normalized spacial score (nSPS) is 21.6. The molecule has 2 fully saturated rings. The lowest BCUT2D eigenvalue weighted by molar-refractivity contribution is -0.155. The minimum atomic E-state index is -1.06. The van der Waals surface area contributed by atoms with E-state index in [0.717, 1.165) is 50.1 Å². The Kier molecular flexibility index (Phi) is 14.5.